The monoisotopic (exact) mass is 322 g/mol. The van der Waals surface area contributed by atoms with Crippen molar-refractivity contribution in [1.82, 2.24) is 0 Å². The Bertz CT molecular complexity index is 924. The number of fused-ring (bicyclic) bond motifs is 1. The van der Waals surface area contributed by atoms with Crippen LogP contribution in [0.25, 0.3) is 11.0 Å². The van der Waals surface area contributed by atoms with Crippen molar-refractivity contribution in [2.75, 3.05) is 5.32 Å². The maximum Gasteiger partial charge on any atom is 0.291 e. The number of carbonyl (C=O) groups excluding carboxylic acids is 2. The summed E-state index contributed by atoms with van der Waals surface area (Å²) >= 11 is 0. The lowest BCUT2D eigenvalue weighted by molar-refractivity contribution is 0.0992. The smallest absolute Gasteiger partial charge is 0.291 e. The van der Waals surface area contributed by atoms with E-state index in [1.54, 1.807) is 24.3 Å². The fraction of sp³-hybridized carbons (Fsp3) is 0.158. The van der Waals surface area contributed by atoms with Gasteiger partial charge in [0.1, 0.15) is 5.58 Å². The summed E-state index contributed by atoms with van der Waals surface area (Å²) in [6, 6.07) is 12.3. The normalized spacial score (nSPS) is 10.8. The molecule has 0 radical (unpaired) electrons. The van der Waals surface area contributed by atoms with Crippen LogP contribution in [0.4, 0.5) is 5.69 Å². The number of anilines is 1. The van der Waals surface area contributed by atoms with E-state index in [1.165, 1.54) is 5.56 Å². The minimum atomic E-state index is -0.507. The predicted octanol–water partition coefficient (Wildman–Crippen LogP) is 3.65. The van der Waals surface area contributed by atoms with Crippen LogP contribution < -0.4 is 11.1 Å². The molecule has 0 unspecified atom stereocenters. The molecule has 3 N–H and O–H groups in total. The molecular weight excluding hydrogens is 304 g/mol. The van der Waals surface area contributed by atoms with Gasteiger partial charge in [0.15, 0.2) is 5.76 Å². The fourth-order valence-electron chi connectivity index (χ4n) is 2.61. The van der Waals surface area contributed by atoms with Gasteiger partial charge in [0, 0.05) is 22.2 Å². The van der Waals surface area contributed by atoms with Crippen molar-refractivity contribution >= 4 is 28.5 Å². The van der Waals surface area contributed by atoms with Gasteiger partial charge >= 0.3 is 0 Å². The third kappa shape index (κ3) is 2.88. The molecular formula is C19H18N2O3. The van der Waals surface area contributed by atoms with Gasteiger partial charge in [0.05, 0.1) is 0 Å². The molecule has 0 spiro atoms. The first-order valence-corrected chi connectivity index (χ1v) is 7.73. The van der Waals surface area contributed by atoms with Gasteiger partial charge in [-0.2, -0.15) is 0 Å². The van der Waals surface area contributed by atoms with Crippen LogP contribution in [0.5, 0.6) is 0 Å². The van der Waals surface area contributed by atoms with E-state index in [2.05, 4.69) is 12.2 Å². The van der Waals surface area contributed by atoms with Crippen molar-refractivity contribution in [3.8, 4) is 0 Å². The average Bonchev–Trinajstić information content (AvgIpc) is 2.91. The number of furan rings is 1. The average molecular weight is 322 g/mol. The fourth-order valence-corrected chi connectivity index (χ4v) is 2.61. The SMILES string of the molecule is CCc1ccc2oc(C(=O)Nc3ccc(C(N)=O)cc3)c(C)c2c1. The number of rotatable bonds is 4. The summed E-state index contributed by atoms with van der Waals surface area (Å²) < 4.78 is 5.71. The molecule has 0 bridgehead atoms. The molecule has 5 nitrogen and oxygen atoms in total. The number of nitrogens with two attached hydrogens (primary N) is 1. The zero-order valence-corrected chi connectivity index (χ0v) is 13.6. The quantitative estimate of drug-likeness (QED) is 0.768. The Labute approximate surface area is 139 Å². The first kappa shape index (κ1) is 15.8. The highest BCUT2D eigenvalue weighted by Crippen LogP contribution is 2.27. The Hall–Kier alpha value is -3.08. The van der Waals surface area contributed by atoms with Gasteiger partial charge in [-0.15, -0.1) is 0 Å². The molecule has 0 saturated heterocycles. The molecule has 2 amide bonds. The van der Waals surface area contributed by atoms with E-state index in [0.29, 0.717) is 16.8 Å². The number of hydrogen-bond acceptors (Lipinski definition) is 3. The molecule has 1 heterocycles. The molecule has 3 rings (SSSR count). The third-order valence-corrected chi connectivity index (χ3v) is 4.04. The summed E-state index contributed by atoms with van der Waals surface area (Å²) in [6.07, 6.45) is 0.925. The first-order valence-electron chi connectivity index (χ1n) is 7.73. The lowest BCUT2D eigenvalue weighted by Gasteiger charge is -2.04. The minimum absolute atomic E-state index is 0.289. The first-order chi connectivity index (χ1) is 11.5. The van der Waals surface area contributed by atoms with E-state index < -0.39 is 5.91 Å². The molecule has 3 aromatic rings. The minimum Gasteiger partial charge on any atom is -0.451 e. The van der Waals surface area contributed by atoms with Crippen molar-refractivity contribution < 1.29 is 14.0 Å². The molecule has 2 aromatic carbocycles. The number of amides is 2. The van der Waals surface area contributed by atoms with Crippen LogP contribution >= 0.6 is 0 Å². The van der Waals surface area contributed by atoms with E-state index >= 15 is 0 Å². The summed E-state index contributed by atoms with van der Waals surface area (Å²) in [7, 11) is 0. The third-order valence-electron chi connectivity index (χ3n) is 4.04. The van der Waals surface area contributed by atoms with Crippen LogP contribution in [0.2, 0.25) is 0 Å². The predicted molar refractivity (Wildman–Crippen MR) is 93.2 cm³/mol. The standard InChI is InChI=1S/C19H18N2O3/c1-3-12-4-9-16-15(10-12)11(2)17(24-16)19(23)21-14-7-5-13(6-8-14)18(20)22/h4-10H,3H2,1-2H3,(H2,20,22)(H,21,23). The Balaban J connectivity index is 1.88. The zero-order chi connectivity index (χ0) is 17.3. The van der Waals surface area contributed by atoms with Gasteiger partial charge in [0.2, 0.25) is 5.91 Å². The van der Waals surface area contributed by atoms with Crippen LogP contribution in [-0.4, -0.2) is 11.8 Å². The van der Waals surface area contributed by atoms with E-state index in [1.807, 2.05) is 25.1 Å². The molecule has 24 heavy (non-hydrogen) atoms. The second-order valence-electron chi connectivity index (χ2n) is 5.64. The second-order valence-corrected chi connectivity index (χ2v) is 5.64. The van der Waals surface area contributed by atoms with Crippen LogP contribution in [0.3, 0.4) is 0 Å². The molecule has 0 fully saturated rings. The largest absolute Gasteiger partial charge is 0.451 e. The number of primary amides is 1. The number of hydrogen-bond donors (Lipinski definition) is 2. The Morgan fingerprint density at radius 2 is 1.83 bits per heavy atom. The van der Waals surface area contributed by atoms with Gasteiger partial charge in [-0.1, -0.05) is 13.0 Å². The van der Waals surface area contributed by atoms with Crippen LogP contribution in [0.15, 0.2) is 46.9 Å². The molecule has 0 aliphatic carbocycles. The van der Waals surface area contributed by atoms with E-state index in [4.69, 9.17) is 10.2 Å². The van der Waals surface area contributed by atoms with E-state index in [9.17, 15) is 9.59 Å². The maximum atomic E-state index is 12.5. The number of carbonyl (C=O) groups is 2. The molecule has 0 aliphatic rings. The van der Waals surface area contributed by atoms with Crippen LogP contribution in [-0.2, 0) is 6.42 Å². The van der Waals surface area contributed by atoms with Gasteiger partial charge in [-0.3, -0.25) is 9.59 Å². The molecule has 5 heteroatoms. The van der Waals surface area contributed by atoms with Gasteiger partial charge in [-0.25, -0.2) is 0 Å². The van der Waals surface area contributed by atoms with Crippen molar-refractivity contribution in [2.45, 2.75) is 20.3 Å². The molecule has 0 atom stereocenters. The molecule has 122 valence electrons. The summed E-state index contributed by atoms with van der Waals surface area (Å²) in [5.74, 6) is -0.543. The summed E-state index contributed by atoms with van der Waals surface area (Å²) in [5, 5.41) is 3.72. The lowest BCUT2D eigenvalue weighted by atomic mass is 10.1. The number of aryl methyl sites for hydroxylation is 2. The maximum absolute atomic E-state index is 12.5. The van der Waals surface area contributed by atoms with Crippen molar-refractivity contribution in [1.29, 1.82) is 0 Å². The van der Waals surface area contributed by atoms with E-state index in [0.717, 1.165) is 17.4 Å². The number of nitrogens with one attached hydrogen (secondary N) is 1. The molecule has 0 saturated carbocycles. The molecule has 1 aromatic heterocycles. The van der Waals surface area contributed by atoms with Crippen molar-refractivity contribution in [3.05, 3.63) is 64.9 Å². The Morgan fingerprint density at radius 3 is 2.46 bits per heavy atom. The highest BCUT2D eigenvalue weighted by molar-refractivity contribution is 6.06. The van der Waals surface area contributed by atoms with Crippen molar-refractivity contribution in [3.63, 3.8) is 0 Å². The summed E-state index contributed by atoms with van der Waals surface area (Å²) in [4.78, 5) is 23.6. The zero-order valence-electron chi connectivity index (χ0n) is 13.6. The van der Waals surface area contributed by atoms with Gasteiger partial charge < -0.3 is 15.5 Å². The Kier molecular flexibility index (Phi) is 4.08. The summed E-state index contributed by atoms with van der Waals surface area (Å²) in [6.45, 7) is 3.95. The van der Waals surface area contributed by atoms with Crippen molar-refractivity contribution in [2.24, 2.45) is 5.73 Å². The van der Waals surface area contributed by atoms with Crippen LogP contribution in [0, 0.1) is 6.92 Å². The highest BCUT2D eigenvalue weighted by atomic mass is 16.3. The second kappa shape index (κ2) is 6.20. The Morgan fingerprint density at radius 1 is 1.12 bits per heavy atom. The van der Waals surface area contributed by atoms with E-state index in [-0.39, 0.29) is 11.7 Å². The van der Waals surface area contributed by atoms with Gasteiger partial charge in [0.25, 0.3) is 5.91 Å². The molecule has 0 aliphatic heterocycles. The topological polar surface area (TPSA) is 85.3 Å². The number of benzene rings is 2. The summed E-state index contributed by atoms with van der Waals surface area (Å²) in [5.41, 5.74) is 8.86. The van der Waals surface area contributed by atoms with Crippen LogP contribution in [0.1, 0.15) is 39.0 Å². The van der Waals surface area contributed by atoms with Gasteiger partial charge in [-0.05, 0) is 55.3 Å². The highest BCUT2D eigenvalue weighted by Gasteiger charge is 2.18. The lowest BCUT2D eigenvalue weighted by Crippen LogP contribution is -2.13.